The van der Waals surface area contributed by atoms with Crippen molar-refractivity contribution >= 4 is 27.3 Å². The molecule has 1 aromatic heterocycles. The van der Waals surface area contributed by atoms with Gasteiger partial charge in [0.25, 0.3) is 0 Å². The highest BCUT2D eigenvalue weighted by Crippen LogP contribution is 2.26. The third kappa shape index (κ3) is 2.81. The maximum absolute atomic E-state index is 5.96. The number of nitrogens with zero attached hydrogens (tertiary/aromatic N) is 1. The van der Waals surface area contributed by atoms with Crippen LogP contribution < -0.4 is 5.73 Å². The monoisotopic (exact) mass is 288 g/mol. The van der Waals surface area contributed by atoms with E-state index in [9.17, 15) is 0 Å². The molecule has 2 N–H and O–H groups in total. The Balaban J connectivity index is 1.98. The minimum atomic E-state index is 0.406. The van der Waals surface area contributed by atoms with Crippen molar-refractivity contribution in [1.29, 1.82) is 0 Å². The van der Waals surface area contributed by atoms with Gasteiger partial charge in [-0.25, -0.2) is 0 Å². The van der Waals surface area contributed by atoms with Crippen LogP contribution in [0.1, 0.15) is 24.6 Å². The molecule has 2 nitrogen and oxygen atoms in total. The molecule has 2 unspecified atom stereocenters. The molecule has 2 atom stereocenters. The normalized spacial score (nSPS) is 28.2. The van der Waals surface area contributed by atoms with E-state index in [1.807, 2.05) is 11.3 Å². The number of piperidine rings is 1. The molecule has 0 aliphatic carbocycles. The second-order valence-electron chi connectivity index (χ2n) is 4.30. The molecule has 1 aliphatic heterocycles. The Morgan fingerprint density at radius 2 is 2.47 bits per heavy atom. The first-order valence-corrected chi connectivity index (χ1v) is 7.05. The molecule has 1 aliphatic rings. The number of likely N-dealkylation sites (tertiary alicyclic amines) is 1. The van der Waals surface area contributed by atoms with Crippen LogP contribution in [0.25, 0.3) is 0 Å². The van der Waals surface area contributed by atoms with Crippen molar-refractivity contribution in [3.8, 4) is 0 Å². The van der Waals surface area contributed by atoms with Crippen LogP contribution in [0.4, 0.5) is 0 Å². The zero-order valence-corrected chi connectivity index (χ0v) is 11.4. The predicted molar refractivity (Wildman–Crippen MR) is 69.1 cm³/mol. The molecule has 4 heteroatoms. The number of hydrogen-bond donors (Lipinski definition) is 1. The van der Waals surface area contributed by atoms with Crippen LogP contribution in [0.2, 0.25) is 0 Å². The molecule has 0 amide bonds. The highest BCUT2D eigenvalue weighted by atomic mass is 79.9. The van der Waals surface area contributed by atoms with Crippen molar-refractivity contribution < 1.29 is 0 Å². The van der Waals surface area contributed by atoms with Gasteiger partial charge in [-0.3, -0.25) is 4.90 Å². The van der Waals surface area contributed by atoms with Crippen LogP contribution in [0.15, 0.2) is 15.9 Å². The Labute approximate surface area is 104 Å². The second-order valence-corrected chi connectivity index (χ2v) is 6.15. The number of halogens is 1. The molecule has 2 heterocycles. The van der Waals surface area contributed by atoms with E-state index in [2.05, 4.69) is 39.2 Å². The Bertz CT molecular complexity index is 326. The van der Waals surface area contributed by atoms with Gasteiger partial charge in [-0.1, -0.05) is 0 Å². The van der Waals surface area contributed by atoms with Gasteiger partial charge >= 0.3 is 0 Å². The van der Waals surface area contributed by atoms with Crippen LogP contribution in [0.3, 0.4) is 0 Å². The van der Waals surface area contributed by atoms with E-state index in [1.165, 1.54) is 9.35 Å². The largest absolute Gasteiger partial charge is 0.328 e. The lowest BCUT2D eigenvalue weighted by Gasteiger charge is -2.36. The molecule has 0 spiro atoms. The van der Waals surface area contributed by atoms with E-state index in [1.54, 1.807) is 0 Å². The predicted octanol–water partition coefficient (Wildman–Crippen LogP) is 2.82. The highest BCUT2D eigenvalue weighted by Gasteiger charge is 2.23. The van der Waals surface area contributed by atoms with E-state index in [0.29, 0.717) is 12.1 Å². The number of hydrogen-bond acceptors (Lipinski definition) is 3. The summed E-state index contributed by atoms with van der Waals surface area (Å²) in [7, 11) is 0. The number of rotatable bonds is 2. The molecular formula is C11H17BrN2S. The molecule has 0 bridgehead atoms. The Morgan fingerprint density at radius 1 is 1.67 bits per heavy atom. The highest BCUT2D eigenvalue weighted by molar-refractivity contribution is 9.10. The average molecular weight is 289 g/mol. The van der Waals surface area contributed by atoms with Gasteiger partial charge in [-0.15, -0.1) is 11.3 Å². The smallest absolute Gasteiger partial charge is 0.0342 e. The van der Waals surface area contributed by atoms with Crippen LogP contribution in [-0.2, 0) is 6.54 Å². The fourth-order valence-corrected chi connectivity index (χ4v) is 3.62. The fraction of sp³-hybridized carbons (Fsp3) is 0.636. The van der Waals surface area contributed by atoms with Crippen molar-refractivity contribution in [2.45, 2.75) is 38.4 Å². The zero-order valence-electron chi connectivity index (χ0n) is 8.95. The summed E-state index contributed by atoms with van der Waals surface area (Å²) in [5.41, 5.74) is 5.96. The van der Waals surface area contributed by atoms with Crippen molar-refractivity contribution in [3.05, 3.63) is 20.8 Å². The molecule has 2 rings (SSSR count). The summed E-state index contributed by atoms with van der Waals surface area (Å²) >= 11 is 5.41. The van der Waals surface area contributed by atoms with E-state index < -0.39 is 0 Å². The molecule has 15 heavy (non-hydrogen) atoms. The van der Waals surface area contributed by atoms with Crippen LogP contribution in [0.5, 0.6) is 0 Å². The first-order chi connectivity index (χ1) is 7.16. The second kappa shape index (κ2) is 4.95. The summed E-state index contributed by atoms with van der Waals surface area (Å²) in [5.74, 6) is 0. The molecule has 1 saturated heterocycles. The molecule has 1 aromatic rings. The molecule has 0 saturated carbocycles. The van der Waals surface area contributed by atoms with Gasteiger partial charge in [0.05, 0.1) is 0 Å². The third-order valence-electron chi connectivity index (χ3n) is 3.09. The van der Waals surface area contributed by atoms with Crippen molar-refractivity contribution in [1.82, 2.24) is 4.90 Å². The van der Waals surface area contributed by atoms with Gasteiger partial charge < -0.3 is 5.73 Å². The lowest BCUT2D eigenvalue weighted by atomic mass is 9.99. The van der Waals surface area contributed by atoms with E-state index in [-0.39, 0.29) is 0 Å². The lowest BCUT2D eigenvalue weighted by Crippen LogP contribution is -2.44. The summed E-state index contributed by atoms with van der Waals surface area (Å²) in [4.78, 5) is 3.96. The van der Waals surface area contributed by atoms with Gasteiger partial charge in [0.1, 0.15) is 0 Å². The van der Waals surface area contributed by atoms with Gasteiger partial charge in [-0.2, -0.15) is 0 Å². The van der Waals surface area contributed by atoms with Crippen LogP contribution in [0, 0.1) is 0 Å². The van der Waals surface area contributed by atoms with Crippen molar-refractivity contribution in [2.24, 2.45) is 5.73 Å². The summed E-state index contributed by atoms with van der Waals surface area (Å²) < 4.78 is 1.24. The summed E-state index contributed by atoms with van der Waals surface area (Å²) in [6.45, 7) is 4.47. The maximum Gasteiger partial charge on any atom is 0.0342 e. The molecule has 84 valence electrons. The number of nitrogens with two attached hydrogens (primary N) is 1. The topological polar surface area (TPSA) is 29.3 Å². The summed E-state index contributed by atoms with van der Waals surface area (Å²) in [6.07, 6.45) is 2.26. The first kappa shape index (κ1) is 11.6. The average Bonchev–Trinajstić information content (AvgIpc) is 2.57. The van der Waals surface area contributed by atoms with E-state index >= 15 is 0 Å². The molecule has 0 aromatic carbocycles. The fourth-order valence-electron chi connectivity index (χ4n) is 2.11. The lowest BCUT2D eigenvalue weighted by molar-refractivity contribution is 0.141. The van der Waals surface area contributed by atoms with Crippen molar-refractivity contribution in [3.63, 3.8) is 0 Å². The number of thiophene rings is 1. The van der Waals surface area contributed by atoms with Gasteiger partial charge in [0.2, 0.25) is 0 Å². The van der Waals surface area contributed by atoms with Crippen LogP contribution >= 0.6 is 27.3 Å². The first-order valence-electron chi connectivity index (χ1n) is 5.38. The standard InChI is InChI=1S/C11H17BrN2S/c1-8-6-9(13)2-4-14(8)7-11-10(12)3-5-15-11/h3,5,8-9H,2,4,6-7,13H2,1H3. The summed E-state index contributed by atoms with van der Waals surface area (Å²) in [5, 5.41) is 2.14. The maximum atomic E-state index is 5.96. The van der Waals surface area contributed by atoms with Gasteiger partial charge in [-0.05, 0) is 47.1 Å². The Kier molecular flexibility index (Phi) is 3.83. The van der Waals surface area contributed by atoms with Gasteiger partial charge in [0.15, 0.2) is 0 Å². The van der Waals surface area contributed by atoms with Gasteiger partial charge in [0, 0.05) is 34.5 Å². The minimum absolute atomic E-state index is 0.406. The molecule has 0 radical (unpaired) electrons. The molecule has 1 fully saturated rings. The Hall–Kier alpha value is 0.100. The third-order valence-corrected chi connectivity index (χ3v) is 5.00. The minimum Gasteiger partial charge on any atom is -0.328 e. The van der Waals surface area contributed by atoms with Crippen molar-refractivity contribution in [2.75, 3.05) is 6.54 Å². The Morgan fingerprint density at radius 3 is 3.07 bits per heavy atom. The molecular weight excluding hydrogens is 272 g/mol. The quantitative estimate of drug-likeness (QED) is 0.907. The van der Waals surface area contributed by atoms with E-state index in [0.717, 1.165) is 25.9 Å². The van der Waals surface area contributed by atoms with Crippen LogP contribution in [-0.4, -0.2) is 23.5 Å². The summed E-state index contributed by atoms with van der Waals surface area (Å²) in [6, 6.07) is 3.14. The zero-order chi connectivity index (χ0) is 10.8. The SMILES string of the molecule is CC1CC(N)CCN1Cc1sccc1Br. The van der Waals surface area contributed by atoms with E-state index in [4.69, 9.17) is 5.73 Å².